The molecule has 0 aliphatic carbocycles. The summed E-state index contributed by atoms with van der Waals surface area (Å²) in [5, 5.41) is 10.6. The van der Waals surface area contributed by atoms with Crippen molar-refractivity contribution in [2.75, 3.05) is 12.4 Å². The zero-order valence-corrected chi connectivity index (χ0v) is 12.1. The molecule has 1 aromatic heterocycles. The zero-order valence-electron chi connectivity index (χ0n) is 12.1. The minimum atomic E-state index is 0.839. The third-order valence-electron chi connectivity index (χ3n) is 3.35. The van der Waals surface area contributed by atoms with E-state index in [0.717, 1.165) is 28.4 Å². The molecule has 0 fully saturated rings. The largest absolute Gasteiger partial charge is 0.497 e. The first kappa shape index (κ1) is 13.2. The van der Waals surface area contributed by atoms with Crippen LogP contribution in [0.4, 0.5) is 11.4 Å². The number of nitrogens with one attached hydrogen (secondary N) is 2. The summed E-state index contributed by atoms with van der Waals surface area (Å²) < 4.78 is 5.18. The fourth-order valence-electron chi connectivity index (χ4n) is 2.15. The van der Waals surface area contributed by atoms with Gasteiger partial charge in [0.15, 0.2) is 0 Å². The number of nitrogens with zero attached hydrogens (tertiary/aromatic N) is 1. The minimum absolute atomic E-state index is 0.839. The maximum atomic E-state index is 5.18. The average Bonchev–Trinajstić information content (AvgIpc) is 2.98. The summed E-state index contributed by atoms with van der Waals surface area (Å²) in [7, 11) is 1.66. The van der Waals surface area contributed by atoms with Gasteiger partial charge >= 0.3 is 0 Å². The number of hydrogen-bond acceptors (Lipinski definition) is 3. The first-order chi connectivity index (χ1) is 10.3. The molecule has 0 amide bonds. The van der Waals surface area contributed by atoms with Crippen molar-refractivity contribution in [3.8, 4) is 17.0 Å². The molecule has 0 saturated heterocycles. The predicted octanol–water partition coefficient (Wildman–Crippen LogP) is 4.14. The molecule has 0 aliphatic heterocycles. The van der Waals surface area contributed by atoms with E-state index in [1.165, 1.54) is 5.56 Å². The number of H-pyrrole nitrogens is 1. The smallest absolute Gasteiger partial charge is 0.118 e. The number of methoxy groups -OCH3 is 1. The molecule has 3 rings (SSSR count). The SMILES string of the molecule is COc1ccc(-c2[nH]ncc2Nc2ccc(C)cc2)cc1. The molecule has 0 saturated carbocycles. The van der Waals surface area contributed by atoms with Crippen molar-refractivity contribution in [3.05, 3.63) is 60.3 Å². The van der Waals surface area contributed by atoms with Gasteiger partial charge in [-0.15, -0.1) is 0 Å². The molecule has 0 atom stereocenters. The predicted molar refractivity (Wildman–Crippen MR) is 85.0 cm³/mol. The van der Waals surface area contributed by atoms with Crippen LogP contribution >= 0.6 is 0 Å². The molecule has 106 valence electrons. The van der Waals surface area contributed by atoms with Crippen molar-refractivity contribution in [2.45, 2.75) is 6.92 Å². The van der Waals surface area contributed by atoms with Gasteiger partial charge in [0.05, 0.1) is 24.7 Å². The number of anilines is 2. The fraction of sp³-hybridized carbons (Fsp3) is 0.118. The molecule has 2 N–H and O–H groups in total. The second-order valence-corrected chi connectivity index (χ2v) is 4.88. The van der Waals surface area contributed by atoms with Crippen LogP contribution in [0.25, 0.3) is 11.3 Å². The van der Waals surface area contributed by atoms with Crippen LogP contribution in [-0.4, -0.2) is 17.3 Å². The fourth-order valence-corrected chi connectivity index (χ4v) is 2.15. The molecule has 4 heteroatoms. The van der Waals surface area contributed by atoms with Crippen LogP contribution in [0.15, 0.2) is 54.7 Å². The van der Waals surface area contributed by atoms with Crippen LogP contribution in [0.3, 0.4) is 0 Å². The Balaban J connectivity index is 1.87. The van der Waals surface area contributed by atoms with E-state index in [9.17, 15) is 0 Å². The van der Waals surface area contributed by atoms with E-state index in [0.29, 0.717) is 0 Å². The van der Waals surface area contributed by atoms with Crippen molar-refractivity contribution in [3.63, 3.8) is 0 Å². The standard InChI is InChI=1S/C17H17N3O/c1-12-3-7-14(8-4-12)19-16-11-18-20-17(16)13-5-9-15(21-2)10-6-13/h3-11,19H,1-2H3,(H,18,20). The van der Waals surface area contributed by atoms with Crippen molar-refractivity contribution < 1.29 is 4.74 Å². The second kappa shape index (κ2) is 5.71. The number of ether oxygens (including phenoxy) is 1. The van der Waals surface area contributed by atoms with Gasteiger partial charge in [0.1, 0.15) is 5.75 Å². The van der Waals surface area contributed by atoms with Crippen LogP contribution in [-0.2, 0) is 0 Å². The Bertz CT molecular complexity index is 715. The lowest BCUT2D eigenvalue weighted by Crippen LogP contribution is -1.91. The van der Waals surface area contributed by atoms with Gasteiger partial charge in [0, 0.05) is 11.3 Å². The lowest BCUT2D eigenvalue weighted by molar-refractivity contribution is 0.415. The van der Waals surface area contributed by atoms with E-state index in [4.69, 9.17) is 4.74 Å². The minimum Gasteiger partial charge on any atom is -0.497 e. The summed E-state index contributed by atoms with van der Waals surface area (Å²) >= 11 is 0. The van der Waals surface area contributed by atoms with Crippen LogP contribution < -0.4 is 10.1 Å². The van der Waals surface area contributed by atoms with Gasteiger partial charge in [-0.1, -0.05) is 17.7 Å². The number of aromatic amines is 1. The molecule has 2 aromatic carbocycles. The number of aryl methyl sites for hydroxylation is 1. The molecule has 0 aliphatic rings. The molecular formula is C17H17N3O. The van der Waals surface area contributed by atoms with Gasteiger partial charge in [-0.3, -0.25) is 5.10 Å². The van der Waals surface area contributed by atoms with Gasteiger partial charge < -0.3 is 10.1 Å². The van der Waals surface area contributed by atoms with Crippen molar-refractivity contribution in [1.82, 2.24) is 10.2 Å². The van der Waals surface area contributed by atoms with Crippen LogP contribution in [0.5, 0.6) is 5.75 Å². The molecule has 0 radical (unpaired) electrons. The molecular weight excluding hydrogens is 262 g/mol. The van der Waals surface area contributed by atoms with E-state index in [2.05, 4.69) is 46.7 Å². The van der Waals surface area contributed by atoms with Gasteiger partial charge in [0.25, 0.3) is 0 Å². The Labute approximate surface area is 123 Å². The van der Waals surface area contributed by atoms with E-state index < -0.39 is 0 Å². The summed E-state index contributed by atoms with van der Waals surface area (Å²) in [6.07, 6.45) is 1.79. The topological polar surface area (TPSA) is 49.9 Å². The Hall–Kier alpha value is -2.75. The molecule has 0 spiro atoms. The summed E-state index contributed by atoms with van der Waals surface area (Å²) in [5.74, 6) is 0.839. The Morgan fingerprint density at radius 2 is 1.71 bits per heavy atom. The van der Waals surface area contributed by atoms with Gasteiger partial charge in [0.2, 0.25) is 0 Å². The van der Waals surface area contributed by atoms with Gasteiger partial charge in [-0.2, -0.15) is 5.10 Å². The van der Waals surface area contributed by atoms with Crippen molar-refractivity contribution >= 4 is 11.4 Å². The van der Waals surface area contributed by atoms with Crippen LogP contribution in [0.1, 0.15) is 5.56 Å². The second-order valence-electron chi connectivity index (χ2n) is 4.88. The molecule has 0 bridgehead atoms. The third-order valence-corrected chi connectivity index (χ3v) is 3.35. The highest BCUT2D eigenvalue weighted by Crippen LogP contribution is 2.29. The van der Waals surface area contributed by atoms with Crippen LogP contribution in [0, 0.1) is 6.92 Å². The van der Waals surface area contributed by atoms with Gasteiger partial charge in [-0.25, -0.2) is 0 Å². The number of hydrogen-bond donors (Lipinski definition) is 2. The highest BCUT2D eigenvalue weighted by Gasteiger charge is 2.08. The Kier molecular flexibility index (Phi) is 3.60. The first-order valence-corrected chi connectivity index (χ1v) is 6.78. The van der Waals surface area contributed by atoms with Crippen LogP contribution in [0.2, 0.25) is 0 Å². The third kappa shape index (κ3) is 2.89. The monoisotopic (exact) mass is 279 g/mol. The number of rotatable bonds is 4. The van der Waals surface area contributed by atoms with Crippen molar-refractivity contribution in [1.29, 1.82) is 0 Å². The van der Waals surface area contributed by atoms with E-state index in [1.54, 1.807) is 13.3 Å². The summed E-state index contributed by atoms with van der Waals surface area (Å²) in [6.45, 7) is 2.07. The lowest BCUT2D eigenvalue weighted by atomic mass is 10.1. The van der Waals surface area contributed by atoms with E-state index in [1.807, 2.05) is 24.3 Å². The normalized spacial score (nSPS) is 10.4. The van der Waals surface area contributed by atoms with Crippen molar-refractivity contribution in [2.24, 2.45) is 0 Å². The lowest BCUT2D eigenvalue weighted by Gasteiger charge is -2.08. The van der Waals surface area contributed by atoms with Gasteiger partial charge in [-0.05, 0) is 43.3 Å². The number of aromatic nitrogens is 2. The maximum Gasteiger partial charge on any atom is 0.118 e. The number of benzene rings is 2. The quantitative estimate of drug-likeness (QED) is 0.754. The zero-order chi connectivity index (χ0) is 14.7. The Morgan fingerprint density at radius 1 is 1.00 bits per heavy atom. The molecule has 1 heterocycles. The molecule has 3 aromatic rings. The maximum absolute atomic E-state index is 5.18. The Morgan fingerprint density at radius 3 is 2.38 bits per heavy atom. The van der Waals surface area contributed by atoms with E-state index in [-0.39, 0.29) is 0 Å². The average molecular weight is 279 g/mol. The van der Waals surface area contributed by atoms with E-state index >= 15 is 0 Å². The highest BCUT2D eigenvalue weighted by molar-refractivity contribution is 5.77. The molecule has 0 unspecified atom stereocenters. The first-order valence-electron chi connectivity index (χ1n) is 6.78. The summed E-state index contributed by atoms with van der Waals surface area (Å²) in [6, 6.07) is 16.2. The molecule has 21 heavy (non-hydrogen) atoms. The highest BCUT2D eigenvalue weighted by atomic mass is 16.5. The summed E-state index contributed by atoms with van der Waals surface area (Å²) in [5.41, 5.74) is 5.24. The summed E-state index contributed by atoms with van der Waals surface area (Å²) in [4.78, 5) is 0. The molecule has 4 nitrogen and oxygen atoms in total.